The van der Waals surface area contributed by atoms with Crippen molar-refractivity contribution in [2.75, 3.05) is 39.6 Å². The van der Waals surface area contributed by atoms with Crippen LogP contribution in [0.15, 0.2) is 72.9 Å². The summed E-state index contributed by atoms with van der Waals surface area (Å²) in [4.78, 5) is 73.1. The Labute approximate surface area is 634 Å². The van der Waals surface area contributed by atoms with Crippen molar-refractivity contribution in [3.8, 4) is 0 Å². The van der Waals surface area contributed by atoms with Gasteiger partial charge in [0.1, 0.15) is 19.3 Å². The van der Waals surface area contributed by atoms with Gasteiger partial charge in [0, 0.05) is 25.7 Å². The Bertz CT molecular complexity index is 2250. The topological polar surface area (TPSA) is 237 Å². The molecule has 0 aromatic carbocycles. The molecule has 0 saturated heterocycles. The van der Waals surface area contributed by atoms with E-state index in [1.54, 1.807) is 0 Å². The number of carbonyl (C=O) groups is 4. The quantitative estimate of drug-likeness (QED) is 0.0169. The van der Waals surface area contributed by atoms with Gasteiger partial charge >= 0.3 is 39.5 Å². The third-order valence-electron chi connectivity index (χ3n) is 18.2. The van der Waals surface area contributed by atoms with E-state index in [9.17, 15) is 43.2 Å². The van der Waals surface area contributed by atoms with E-state index in [0.717, 1.165) is 116 Å². The van der Waals surface area contributed by atoms with Crippen molar-refractivity contribution in [3.05, 3.63) is 72.9 Å². The Kier molecular flexibility index (Phi) is 75.0. The molecule has 0 aliphatic heterocycles. The molecular weight excluding hydrogens is 1350 g/mol. The molecule has 3 N–H and O–H groups in total. The van der Waals surface area contributed by atoms with Crippen molar-refractivity contribution in [2.45, 2.75) is 406 Å². The lowest BCUT2D eigenvalue weighted by Crippen LogP contribution is -2.30. The van der Waals surface area contributed by atoms with Crippen molar-refractivity contribution < 1.29 is 80.2 Å². The Hall–Kier alpha value is -3.50. The summed E-state index contributed by atoms with van der Waals surface area (Å²) in [5.41, 5.74) is 0. The highest BCUT2D eigenvalue weighted by Crippen LogP contribution is 2.45. The second kappa shape index (κ2) is 77.7. The zero-order chi connectivity index (χ0) is 76.0. The standard InChI is InChI=1S/C85H154O17P2/c1-5-9-13-17-21-25-29-33-37-39-43-46-50-54-58-62-66-70-83(88)96-76-81(102-85(90)72-68-64-60-56-52-48-44-40-38-34-30-26-22-18-14-10-6-2)78-100-104(93,94)98-74-79(86)73-97-103(91,92)99-77-80(101-84(89)71-67-63-59-55-51-47-42-36-32-28-24-20-16-12-8-4)75-95-82(87)69-65-61-57-53-49-45-41-35-31-27-23-19-15-11-7-3/h21,24-25,28,33,36-37,42-43,46,54,58,79-81,86H,5-20,22-23,26-27,29-32,34-35,38-41,44-45,47-53,55-57,59-78H2,1-4H3,(H,91,92)(H,93,94)/b25-21-,28-24-,37-33-,42-36-,46-43-,58-54-/t79-,80+,81+/m0/s1. The summed E-state index contributed by atoms with van der Waals surface area (Å²) in [6, 6.07) is 0. The molecule has 0 aliphatic rings. The average Bonchev–Trinajstić information content (AvgIpc) is 0.926. The predicted molar refractivity (Wildman–Crippen MR) is 427 cm³/mol. The maximum Gasteiger partial charge on any atom is 0.472 e. The number of phosphoric acid groups is 2. The van der Waals surface area contributed by atoms with Crippen LogP contribution in [0.4, 0.5) is 0 Å². The first-order valence-corrected chi connectivity index (χ1v) is 45.2. The first-order chi connectivity index (χ1) is 50.7. The number of hydrogen-bond acceptors (Lipinski definition) is 15. The molecule has 0 spiro atoms. The van der Waals surface area contributed by atoms with E-state index in [1.807, 2.05) is 12.2 Å². The van der Waals surface area contributed by atoms with E-state index >= 15 is 0 Å². The van der Waals surface area contributed by atoms with Crippen LogP contribution in [-0.4, -0.2) is 96.7 Å². The molecular formula is C85H154O17P2. The van der Waals surface area contributed by atoms with E-state index in [2.05, 4.69) is 88.5 Å². The van der Waals surface area contributed by atoms with Crippen LogP contribution in [0.5, 0.6) is 0 Å². The van der Waals surface area contributed by atoms with Crippen LogP contribution >= 0.6 is 15.6 Å². The van der Waals surface area contributed by atoms with Crippen molar-refractivity contribution >= 4 is 39.5 Å². The molecule has 0 aliphatic carbocycles. The summed E-state index contributed by atoms with van der Waals surface area (Å²) >= 11 is 0. The normalized spacial score (nSPS) is 14.2. The highest BCUT2D eigenvalue weighted by atomic mass is 31.2. The predicted octanol–water partition coefficient (Wildman–Crippen LogP) is 24.8. The Morgan fingerprint density at radius 1 is 0.269 bits per heavy atom. The number of rotatable bonds is 80. The molecule has 0 bridgehead atoms. The van der Waals surface area contributed by atoms with Crippen molar-refractivity contribution in [1.82, 2.24) is 0 Å². The van der Waals surface area contributed by atoms with Gasteiger partial charge in [0.25, 0.3) is 0 Å². The second-order valence-electron chi connectivity index (χ2n) is 28.4. The molecule has 5 atom stereocenters. The van der Waals surface area contributed by atoms with E-state index in [4.69, 9.17) is 37.0 Å². The Balaban J connectivity index is 5.38. The van der Waals surface area contributed by atoms with Gasteiger partial charge in [-0.1, -0.05) is 338 Å². The number of carbonyl (C=O) groups excluding carboxylic acids is 4. The third kappa shape index (κ3) is 76.7. The number of phosphoric ester groups is 2. The number of unbranched alkanes of at least 4 members (excludes halogenated alkanes) is 42. The van der Waals surface area contributed by atoms with Crippen LogP contribution in [0.2, 0.25) is 0 Å². The molecule has 606 valence electrons. The Morgan fingerprint density at radius 3 is 0.779 bits per heavy atom. The zero-order valence-corrected chi connectivity index (χ0v) is 68.2. The molecule has 0 fully saturated rings. The number of esters is 4. The van der Waals surface area contributed by atoms with Crippen LogP contribution in [-0.2, 0) is 65.4 Å². The molecule has 0 radical (unpaired) electrons. The van der Waals surface area contributed by atoms with E-state index in [1.165, 1.54) is 186 Å². The van der Waals surface area contributed by atoms with Gasteiger partial charge in [-0.25, -0.2) is 9.13 Å². The fraction of sp³-hybridized carbons (Fsp3) is 0.812. The molecule has 17 nitrogen and oxygen atoms in total. The maximum atomic E-state index is 13.1. The molecule has 0 aromatic rings. The van der Waals surface area contributed by atoms with Crippen LogP contribution in [0.1, 0.15) is 387 Å². The lowest BCUT2D eigenvalue weighted by Gasteiger charge is -2.21. The summed E-state index contributed by atoms with van der Waals surface area (Å²) in [5, 5.41) is 10.7. The van der Waals surface area contributed by atoms with E-state index in [-0.39, 0.29) is 25.7 Å². The van der Waals surface area contributed by atoms with Crippen LogP contribution < -0.4 is 0 Å². The first-order valence-electron chi connectivity index (χ1n) is 42.2. The summed E-state index contributed by atoms with van der Waals surface area (Å²) in [7, 11) is -9.96. The van der Waals surface area contributed by atoms with Gasteiger partial charge in [0.15, 0.2) is 12.2 Å². The summed E-state index contributed by atoms with van der Waals surface area (Å²) in [6.45, 7) is 4.84. The maximum absolute atomic E-state index is 13.1. The molecule has 0 aromatic heterocycles. The fourth-order valence-electron chi connectivity index (χ4n) is 11.7. The van der Waals surface area contributed by atoms with Crippen LogP contribution in [0, 0.1) is 0 Å². The minimum absolute atomic E-state index is 0.0825. The molecule has 19 heteroatoms. The highest BCUT2D eigenvalue weighted by Gasteiger charge is 2.30. The lowest BCUT2D eigenvalue weighted by atomic mass is 10.0. The molecule has 104 heavy (non-hydrogen) atoms. The number of hydrogen-bond donors (Lipinski definition) is 3. The first kappa shape index (κ1) is 100. The average molecular weight is 1510 g/mol. The largest absolute Gasteiger partial charge is 0.472 e. The molecule has 0 rings (SSSR count). The lowest BCUT2D eigenvalue weighted by molar-refractivity contribution is -0.161. The summed E-state index contributed by atoms with van der Waals surface area (Å²) in [6.07, 6.45) is 80.1. The smallest absolute Gasteiger partial charge is 0.462 e. The van der Waals surface area contributed by atoms with Crippen molar-refractivity contribution in [3.63, 3.8) is 0 Å². The third-order valence-corrected chi connectivity index (χ3v) is 20.1. The van der Waals surface area contributed by atoms with E-state index < -0.39 is 97.5 Å². The van der Waals surface area contributed by atoms with Gasteiger partial charge in [-0.15, -0.1) is 0 Å². The van der Waals surface area contributed by atoms with E-state index in [0.29, 0.717) is 32.1 Å². The van der Waals surface area contributed by atoms with Crippen LogP contribution in [0.25, 0.3) is 0 Å². The molecule has 0 heterocycles. The molecule has 0 amide bonds. The van der Waals surface area contributed by atoms with Crippen LogP contribution in [0.3, 0.4) is 0 Å². The monoisotopic (exact) mass is 1510 g/mol. The summed E-state index contributed by atoms with van der Waals surface area (Å²) < 4.78 is 68.7. The van der Waals surface area contributed by atoms with Gasteiger partial charge in [0.2, 0.25) is 0 Å². The number of allylic oxidation sites excluding steroid dienone is 12. The van der Waals surface area contributed by atoms with Gasteiger partial charge in [-0.05, 0) is 96.3 Å². The van der Waals surface area contributed by atoms with Gasteiger partial charge in [-0.2, -0.15) is 0 Å². The van der Waals surface area contributed by atoms with Gasteiger partial charge < -0.3 is 33.8 Å². The number of ether oxygens (including phenoxy) is 4. The minimum atomic E-state index is -4.99. The second-order valence-corrected chi connectivity index (χ2v) is 31.3. The molecule has 0 saturated carbocycles. The van der Waals surface area contributed by atoms with Crippen molar-refractivity contribution in [2.24, 2.45) is 0 Å². The van der Waals surface area contributed by atoms with Gasteiger partial charge in [-0.3, -0.25) is 37.3 Å². The SMILES string of the molecule is CCCCC/C=C\C/C=C\C/C=C\C/C=C\CCCC(=O)OC[C@H](COP(=O)(O)OC[C@@H](O)COP(=O)(O)OC[C@@H](COC(=O)CCCCCCCCCCCCCCCCC)OC(=O)CCCCCCC/C=C\C/C=C\CCCCC)OC(=O)CCCCCCCCCCCCCCCCCCC. The highest BCUT2D eigenvalue weighted by molar-refractivity contribution is 7.47. The Morgan fingerprint density at radius 2 is 0.481 bits per heavy atom. The zero-order valence-electron chi connectivity index (χ0n) is 66.5. The summed E-state index contributed by atoms with van der Waals surface area (Å²) in [5.74, 6) is -2.22. The minimum Gasteiger partial charge on any atom is -0.462 e. The van der Waals surface area contributed by atoms with Gasteiger partial charge in [0.05, 0.1) is 26.4 Å². The fourth-order valence-corrected chi connectivity index (χ4v) is 13.3. The van der Waals surface area contributed by atoms with Crippen molar-refractivity contribution in [1.29, 1.82) is 0 Å². The number of aliphatic hydroxyl groups is 1. The molecule has 2 unspecified atom stereocenters. The number of aliphatic hydroxyl groups excluding tert-OH is 1.